The molecule has 6 nitrogen and oxygen atoms in total. The van der Waals surface area contributed by atoms with Crippen LogP contribution < -0.4 is 16.0 Å². The molecule has 0 atom stereocenters. The predicted molar refractivity (Wildman–Crippen MR) is 131 cm³/mol. The Kier molecular flexibility index (Phi) is 6.99. The number of aromatic amines is 1. The third-order valence-corrected chi connectivity index (χ3v) is 6.12. The molecule has 4 aromatic rings. The van der Waals surface area contributed by atoms with Gasteiger partial charge in [-0.15, -0.1) is 11.3 Å². The van der Waals surface area contributed by atoms with Crippen molar-refractivity contribution in [2.45, 2.75) is 13.3 Å². The molecule has 164 valence electrons. The molecule has 0 aliphatic heterocycles. The molecular weight excluding hydrogens is 420 g/mol. The number of anilines is 1. The van der Waals surface area contributed by atoms with Crippen molar-refractivity contribution in [1.29, 1.82) is 0 Å². The van der Waals surface area contributed by atoms with Crippen molar-refractivity contribution in [1.82, 2.24) is 15.6 Å². The quantitative estimate of drug-likeness (QED) is 0.287. The second-order valence-corrected chi connectivity index (χ2v) is 8.29. The molecule has 0 unspecified atom stereocenters. The first kappa shape index (κ1) is 21.8. The summed E-state index contributed by atoms with van der Waals surface area (Å²) in [5.74, 6) is -0.355. The van der Waals surface area contributed by atoms with E-state index in [0.717, 1.165) is 23.1 Å². The Hall–Kier alpha value is -3.42. The number of para-hydroxylation sites is 1. The molecule has 0 aliphatic carbocycles. The van der Waals surface area contributed by atoms with E-state index in [1.54, 1.807) is 0 Å². The standard InChI is InChI=1S/C25H26N4O2S/c1-2-27-24(31)23-20(17-8-4-3-5-9-17)16-32-25(23)29-22(30)15-26-13-12-18-14-28-21-11-7-6-10-19(18)21/h3-11,14,16,26,28H,2,12-13,15H2,1H3,(H,27,31)(H,29,30). The highest BCUT2D eigenvalue weighted by molar-refractivity contribution is 7.15. The van der Waals surface area contributed by atoms with Gasteiger partial charge >= 0.3 is 0 Å². The lowest BCUT2D eigenvalue weighted by Crippen LogP contribution is -2.30. The number of hydrogen-bond acceptors (Lipinski definition) is 4. The molecule has 0 saturated carbocycles. The first-order valence-corrected chi connectivity index (χ1v) is 11.6. The van der Waals surface area contributed by atoms with Gasteiger partial charge in [0.2, 0.25) is 5.91 Å². The Bertz CT molecular complexity index is 1210. The molecule has 2 aromatic heterocycles. The molecule has 0 bridgehead atoms. The van der Waals surface area contributed by atoms with Crippen LogP contribution in [0.15, 0.2) is 66.2 Å². The van der Waals surface area contributed by atoms with Gasteiger partial charge in [0.25, 0.3) is 5.91 Å². The van der Waals surface area contributed by atoms with Crippen molar-refractivity contribution in [3.8, 4) is 11.1 Å². The van der Waals surface area contributed by atoms with E-state index in [4.69, 9.17) is 0 Å². The Balaban J connectivity index is 1.38. The SMILES string of the molecule is CCNC(=O)c1c(-c2ccccc2)csc1NC(=O)CNCCc1c[nH]c2ccccc12. The van der Waals surface area contributed by atoms with Gasteiger partial charge in [-0.2, -0.15) is 0 Å². The average molecular weight is 447 g/mol. The van der Waals surface area contributed by atoms with Gasteiger partial charge < -0.3 is 20.9 Å². The van der Waals surface area contributed by atoms with Crippen LogP contribution in [0, 0.1) is 0 Å². The molecule has 2 amide bonds. The van der Waals surface area contributed by atoms with E-state index in [1.807, 2.05) is 61.0 Å². The summed E-state index contributed by atoms with van der Waals surface area (Å²) in [7, 11) is 0. The molecule has 4 rings (SSSR count). The maximum absolute atomic E-state index is 12.7. The van der Waals surface area contributed by atoms with Crippen molar-refractivity contribution in [3.05, 3.63) is 77.3 Å². The number of amides is 2. The summed E-state index contributed by atoms with van der Waals surface area (Å²) in [6.45, 7) is 3.25. The number of rotatable bonds is 9. The zero-order chi connectivity index (χ0) is 22.3. The first-order chi connectivity index (χ1) is 15.7. The van der Waals surface area contributed by atoms with Crippen molar-refractivity contribution < 1.29 is 9.59 Å². The number of nitrogens with one attached hydrogen (secondary N) is 4. The van der Waals surface area contributed by atoms with Gasteiger partial charge in [-0.25, -0.2) is 0 Å². The van der Waals surface area contributed by atoms with Gasteiger partial charge in [-0.3, -0.25) is 9.59 Å². The van der Waals surface area contributed by atoms with Crippen LogP contribution in [0.5, 0.6) is 0 Å². The van der Waals surface area contributed by atoms with E-state index < -0.39 is 0 Å². The van der Waals surface area contributed by atoms with E-state index in [2.05, 4.69) is 33.1 Å². The number of aromatic nitrogens is 1. The van der Waals surface area contributed by atoms with Crippen LogP contribution >= 0.6 is 11.3 Å². The predicted octanol–water partition coefficient (Wildman–Crippen LogP) is 4.42. The van der Waals surface area contributed by atoms with E-state index >= 15 is 0 Å². The molecule has 2 aromatic carbocycles. The Morgan fingerprint density at radius 3 is 2.62 bits per heavy atom. The van der Waals surface area contributed by atoms with Crippen LogP contribution in [0.3, 0.4) is 0 Å². The highest BCUT2D eigenvalue weighted by Gasteiger charge is 2.21. The summed E-state index contributed by atoms with van der Waals surface area (Å²) in [6, 6.07) is 17.9. The highest BCUT2D eigenvalue weighted by atomic mass is 32.1. The van der Waals surface area contributed by atoms with Gasteiger partial charge in [-0.05, 0) is 37.1 Å². The zero-order valence-corrected chi connectivity index (χ0v) is 18.7. The number of H-pyrrole nitrogens is 1. The monoisotopic (exact) mass is 446 g/mol. The van der Waals surface area contributed by atoms with Gasteiger partial charge in [0.15, 0.2) is 0 Å². The molecule has 4 N–H and O–H groups in total. The maximum Gasteiger partial charge on any atom is 0.254 e. The average Bonchev–Trinajstić information content (AvgIpc) is 3.42. The van der Waals surface area contributed by atoms with E-state index in [9.17, 15) is 9.59 Å². The minimum absolute atomic E-state index is 0.170. The number of carbonyl (C=O) groups excluding carboxylic acids is 2. The minimum atomic E-state index is -0.185. The highest BCUT2D eigenvalue weighted by Crippen LogP contribution is 2.35. The van der Waals surface area contributed by atoms with E-state index in [1.165, 1.54) is 22.3 Å². The molecule has 0 saturated heterocycles. The van der Waals surface area contributed by atoms with Crippen molar-refractivity contribution in [2.24, 2.45) is 0 Å². The Morgan fingerprint density at radius 1 is 1.03 bits per heavy atom. The topological polar surface area (TPSA) is 86.0 Å². The maximum atomic E-state index is 12.7. The number of thiophene rings is 1. The normalized spacial score (nSPS) is 10.9. The fraction of sp³-hybridized carbons (Fsp3) is 0.200. The lowest BCUT2D eigenvalue weighted by molar-refractivity contribution is -0.115. The zero-order valence-electron chi connectivity index (χ0n) is 17.9. The summed E-state index contributed by atoms with van der Waals surface area (Å²) in [4.78, 5) is 28.6. The van der Waals surface area contributed by atoms with Crippen molar-refractivity contribution in [3.63, 3.8) is 0 Å². The summed E-state index contributed by atoms with van der Waals surface area (Å²) >= 11 is 1.37. The minimum Gasteiger partial charge on any atom is -0.361 e. The summed E-state index contributed by atoms with van der Waals surface area (Å²) in [5, 5.41) is 12.7. The van der Waals surface area contributed by atoms with Crippen LogP contribution in [0.25, 0.3) is 22.0 Å². The van der Waals surface area contributed by atoms with Gasteiger partial charge in [0.05, 0.1) is 12.1 Å². The fourth-order valence-corrected chi connectivity index (χ4v) is 4.67. The second kappa shape index (κ2) is 10.3. The lowest BCUT2D eigenvalue weighted by Gasteiger charge is -2.10. The van der Waals surface area contributed by atoms with E-state index in [-0.39, 0.29) is 18.4 Å². The smallest absolute Gasteiger partial charge is 0.254 e. The summed E-state index contributed by atoms with van der Waals surface area (Å²) in [6.07, 6.45) is 2.83. The molecular formula is C25H26N4O2S. The largest absolute Gasteiger partial charge is 0.361 e. The molecule has 0 radical (unpaired) electrons. The number of hydrogen-bond donors (Lipinski definition) is 4. The van der Waals surface area contributed by atoms with Crippen LogP contribution in [-0.4, -0.2) is 36.4 Å². The third kappa shape index (κ3) is 4.90. The summed E-state index contributed by atoms with van der Waals surface area (Å²) < 4.78 is 0. The van der Waals surface area contributed by atoms with Crippen molar-refractivity contribution >= 4 is 39.1 Å². The fourth-order valence-electron chi connectivity index (χ4n) is 3.69. The second-order valence-electron chi connectivity index (χ2n) is 7.41. The van der Waals surface area contributed by atoms with Gasteiger partial charge in [0, 0.05) is 34.6 Å². The lowest BCUT2D eigenvalue weighted by atomic mass is 10.0. The molecule has 0 aliphatic rings. The van der Waals surface area contributed by atoms with Crippen molar-refractivity contribution in [2.75, 3.05) is 25.0 Å². The molecule has 2 heterocycles. The van der Waals surface area contributed by atoms with Crippen LogP contribution in [0.2, 0.25) is 0 Å². The Labute approximate surface area is 191 Å². The number of benzene rings is 2. The van der Waals surface area contributed by atoms with Crippen LogP contribution in [0.1, 0.15) is 22.8 Å². The number of carbonyl (C=O) groups is 2. The first-order valence-electron chi connectivity index (χ1n) is 10.7. The molecule has 32 heavy (non-hydrogen) atoms. The number of fused-ring (bicyclic) bond motifs is 1. The molecule has 0 spiro atoms. The summed E-state index contributed by atoms with van der Waals surface area (Å²) in [5.41, 5.74) is 4.62. The third-order valence-electron chi connectivity index (χ3n) is 5.22. The van der Waals surface area contributed by atoms with Crippen LogP contribution in [0.4, 0.5) is 5.00 Å². The van der Waals surface area contributed by atoms with E-state index in [0.29, 0.717) is 23.7 Å². The Morgan fingerprint density at radius 2 is 1.81 bits per heavy atom. The van der Waals surface area contributed by atoms with Crippen LogP contribution in [-0.2, 0) is 11.2 Å². The molecule has 7 heteroatoms. The van der Waals surface area contributed by atoms with Gasteiger partial charge in [-0.1, -0.05) is 48.5 Å². The van der Waals surface area contributed by atoms with Gasteiger partial charge in [0.1, 0.15) is 5.00 Å². The molecule has 0 fully saturated rings.